The molecule has 0 aromatic heterocycles. The molecule has 0 unspecified atom stereocenters. The Hall–Kier alpha value is -1.10. The predicted octanol–water partition coefficient (Wildman–Crippen LogP) is 4.52. The van der Waals surface area contributed by atoms with Gasteiger partial charge in [0.15, 0.2) is 0 Å². The highest BCUT2D eigenvalue weighted by Crippen LogP contribution is 2.61. The van der Waals surface area contributed by atoms with Crippen LogP contribution >= 0.6 is 0 Å². The van der Waals surface area contributed by atoms with E-state index in [-0.39, 0.29) is 22.8 Å². The molecular weight excluding hydrogens is 392 g/mol. The molecule has 8 saturated carbocycles. The second-order valence-electron chi connectivity index (χ2n) is 12.3. The van der Waals surface area contributed by atoms with Crippen molar-refractivity contribution in [2.45, 2.75) is 77.0 Å². The third-order valence-electron chi connectivity index (χ3n) is 9.86. The van der Waals surface area contributed by atoms with E-state index in [1.165, 1.54) is 38.5 Å². The average molecular weight is 431 g/mol. The fraction of sp³-hybridized carbons (Fsp3) is 0.923. The van der Waals surface area contributed by atoms with Gasteiger partial charge in [-0.25, -0.2) is 0 Å². The van der Waals surface area contributed by atoms with Gasteiger partial charge in [0.25, 0.3) is 0 Å². The first-order chi connectivity index (χ1) is 15.0. The van der Waals surface area contributed by atoms with Crippen LogP contribution in [0.15, 0.2) is 0 Å². The van der Waals surface area contributed by atoms with Crippen molar-refractivity contribution >= 4 is 11.9 Å². The molecular formula is C26H38O5. The molecule has 0 aliphatic heterocycles. The summed E-state index contributed by atoms with van der Waals surface area (Å²) in [5.41, 5.74) is -0.385. The second kappa shape index (κ2) is 7.74. The molecule has 8 aliphatic rings. The van der Waals surface area contributed by atoms with Gasteiger partial charge in [0.05, 0.1) is 24.0 Å². The number of esters is 2. The summed E-state index contributed by atoms with van der Waals surface area (Å²) in [6, 6.07) is 0. The first-order valence-corrected chi connectivity index (χ1v) is 12.9. The van der Waals surface area contributed by atoms with Crippen molar-refractivity contribution in [3.63, 3.8) is 0 Å². The van der Waals surface area contributed by atoms with E-state index in [1.807, 2.05) is 0 Å². The van der Waals surface area contributed by atoms with Crippen LogP contribution < -0.4 is 0 Å². The van der Waals surface area contributed by atoms with Gasteiger partial charge in [0, 0.05) is 0 Å². The number of carbonyl (C=O) groups is 2. The number of hydrogen-bond acceptors (Lipinski definition) is 5. The predicted molar refractivity (Wildman–Crippen MR) is 114 cm³/mol. The van der Waals surface area contributed by atoms with Gasteiger partial charge in [-0.2, -0.15) is 0 Å². The average Bonchev–Trinajstić information content (AvgIpc) is 2.70. The molecule has 0 aromatic carbocycles. The summed E-state index contributed by atoms with van der Waals surface area (Å²) >= 11 is 0. The van der Waals surface area contributed by atoms with E-state index in [1.54, 1.807) is 0 Å². The molecule has 0 heterocycles. The molecule has 0 spiro atoms. The zero-order chi connectivity index (χ0) is 21.1. The topological polar surface area (TPSA) is 61.8 Å². The number of carbonyl (C=O) groups excluding carboxylic acids is 2. The first kappa shape index (κ1) is 20.5. The van der Waals surface area contributed by atoms with Gasteiger partial charge in [0.1, 0.15) is 13.2 Å². The second-order valence-corrected chi connectivity index (χ2v) is 12.3. The van der Waals surface area contributed by atoms with Crippen LogP contribution in [-0.4, -0.2) is 38.4 Å². The highest BCUT2D eigenvalue weighted by Gasteiger charge is 2.56. The molecule has 8 fully saturated rings. The summed E-state index contributed by atoms with van der Waals surface area (Å²) in [6.07, 6.45) is 14.2. The highest BCUT2D eigenvalue weighted by molar-refractivity contribution is 5.78. The molecule has 8 rings (SSSR count). The van der Waals surface area contributed by atoms with E-state index in [2.05, 4.69) is 0 Å². The van der Waals surface area contributed by atoms with E-state index in [0.717, 1.165) is 74.0 Å². The SMILES string of the molecule is O=C(OCCOCCOC(=O)C12CC3CC(CC(C3)C1)C2)C12CC3CC(CC(C3)C1)C2. The Kier molecular flexibility index (Phi) is 5.12. The summed E-state index contributed by atoms with van der Waals surface area (Å²) < 4.78 is 16.9. The molecule has 0 aromatic rings. The zero-order valence-electron chi connectivity index (χ0n) is 18.8. The smallest absolute Gasteiger partial charge is 0.312 e. The summed E-state index contributed by atoms with van der Waals surface area (Å²) in [5, 5.41) is 0. The van der Waals surface area contributed by atoms with Crippen LogP contribution in [0.2, 0.25) is 0 Å². The van der Waals surface area contributed by atoms with E-state index in [0.29, 0.717) is 26.4 Å². The molecule has 8 aliphatic carbocycles. The van der Waals surface area contributed by atoms with E-state index in [9.17, 15) is 9.59 Å². The number of ether oxygens (including phenoxy) is 3. The third kappa shape index (κ3) is 3.73. The Morgan fingerprint density at radius 2 is 0.806 bits per heavy atom. The monoisotopic (exact) mass is 430 g/mol. The summed E-state index contributed by atoms with van der Waals surface area (Å²) in [4.78, 5) is 25.7. The van der Waals surface area contributed by atoms with Crippen LogP contribution in [0.1, 0.15) is 77.0 Å². The van der Waals surface area contributed by atoms with Crippen molar-refractivity contribution in [1.82, 2.24) is 0 Å². The molecule has 0 radical (unpaired) electrons. The van der Waals surface area contributed by atoms with Crippen molar-refractivity contribution in [2.75, 3.05) is 26.4 Å². The Bertz CT molecular complexity index is 597. The van der Waals surface area contributed by atoms with Crippen LogP contribution in [-0.2, 0) is 23.8 Å². The standard InChI is InChI=1S/C26H38O5/c27-23(25-11-17-5-18(12-25)7-19(6-17)13-25)30-3-1-29-2-4-31-24(28)26-14-20-8-21(15-26)10-22(9-20)16-26/h17-22H,1-16H2. The van der Waals surface area contributed by atoms with Gasteiger partial charge in [-0.3, -0.25) is 9.59 Å². The van der Waals surface area contributed by atoms with E-state index >= 15 is 0 Å². The summed E-state index contributed by atoms with van der Waals surface area (Å²) in [6.45, 7) is 1.38. The minimum atomic E-state index is -0.192. The Balaban J connectivity index is 0.892. The summed E-state index contributed by atoms with van der Waals surface area (Å²) in [5.74, 6) is 4.53. The Morgan fingerprint density at radius 3 is 1.10 bits per heavy atom. The Labute approximate surface area is 185 Å². The number of hydrogen-bond donors (Lipinski definition) is 0. The molecule has 0 amide bonds. The molecule has 5 heteroatoms. The lowest BCUT2D eigenvalue weighted by Gasteiger charge is -2.55. The van der Waals surface area contributed by atoms with Crippen LogP contribution in [0.3, 0.4) is 0 Å². The zero-order valence-corrected chi connectivity index (χ0v) is 18.8. The maximum atomic E-state index is 12.8. The largest absolute Gasteiger partial charge is 0.463 e. The lowest BCUT2D eigenvalue weighted by Crippen LogP contribution is -2.50. The van der Waals surface area contributed by atoms with Gasteiger partial charge < -0.3 is 14.2 Å². The van der Waals surface area contributed by atoms with Crippen molar-refractivity contribution in [3.05, 3.63) is 0 Å². The van der Waals surface area contributed by atoms with Gasteiger partial charge in [-0.1, -0.05) is 0 Å². The van der Waals surface area contributed by atoms with Gasteiger partial charge in [0.2, 0.25) is 0 Å². The first-order valence-electron chi connectivity index (χ1n) is 12.9. The summed E-state index contributed by atoms with van der Waals surface area (Å²) in [7, 11) is 0. The van der Waals surface area contributed by atoms with Gasteiger partial charge in [-0.15, -0.1) is 0 Å². The van der Waals surface area contributed by atoms with Crippen molar-refractivity contribution in [3.8, 4) is 0 Å². The molecule has 172 valence electrons. The van der Waals surface area contributed by atoms with Crippen LogP contribution in [0.5, 0.6) is 0 Å². The minimum absolute atomic E-state index is 0.0171. The van der Waals surface area contributed by atoms with E-state index < -0.39 is 0 Å². The van der Waals surface area contributed by atoms with Crippen LogP contribution in [0.4, 0.5) is 0 Å². The quantitative estimate of drug-likeness (QED) is 0.418. The molecule has 0 N–H and O–H groups in total. The maximum absolute atomic E-state index is 12.8. The molecule has 0 atom stereocenters. The van der Waals surface area contributed by atoms with Crippen LogP contribution in [0.25, 0.3) is 0 Å². The molecule has 31 heavy (non-hydrogen) atoms. The lowest BCUT2D eigenvalue weighted by molar-refractivity contribution is -0.174. The maximum Gasteiger partial charge on any atom is 0.312 e. The van der Waals surface area contributed by atoms with Crippen LogP contribution in [0, 0.1) is 46.3 Å². The fourth-order valence-corrected chi connectivity index (χ4v) is 9.52. The fourth-order valence-electron chi connectivity index (χ4n) is 9.52. The van der Waals surface area contributed by atoms with E-state index in [4.69, 9.17) is 14.2 Å². The lowest BCUT2D eigenvalue weighted by atomic mass is 9.49. The molecule has 5 nitrogen and oxygen atoms in total. The van der Waals surface area contributed by atoms with Gasteiger partial charge >= 0.3 is 11.9 Å². The van der Waals surface area contributed by atoms with Crippen molar-refractivity contribution in [1.29, 1.82) is 0 Å². The van der Waals surface area contributed by atoms with Crippen molar-refractivity contribution in [2.24, 2.45) is 46.3 Å². The number of rotatable bonds is 8. The van der Waals surface area contributed by atoms with Gasteiger partial charge in [-0.05, 0) is 113 Å². The normalized spacial score (nSPS) is 46.3. The van der Waals surface area contributed by atoms with Crippen molar-refractivity contribution < 1.29 is 23.8 Å². The highest BCUT2D eigenvalue weighted by atomic mass is 16.6. The Morgan fingerprint density at radius 1 is 0.516 bits per heavy atom. The minimum Gasteiger partial charge on any atom is -0.463 e. The molecule has 0 saturated heterocycles. The third-order valence-corrected chi connectivity index (χ3v) is 9.86. The molecule has 8 bridgehead atoms.